The van der Waals surface area contributed by atoms with Crippen LogP contribution in [0.1, 0.15) is 29.6 Å². The van der Waals surface area contributed by atoms with Crippen LogP contribution in [0.25, 0.3) is 0 Å². The molecule has 21 heavy (non-hydrogen) atoms. The Kier molecular flexibility index (Phi) is 4.27. The third kappa shape index (κ3) is 3.27. The summed E-state index contributed by atoms with van der Waals surface area (Å²) < 4.78 is 0. The lowest BCUT2D eigenvalue weighted by molar-refractivity contribution is 0.0378. The zero-order chi connectivity index (χ0) is 14.8. The number of hydrogen-bond acceptors (Lipinski definition) is 4. The Morgan fingerprint density at radius 2 is 2.00 bits per heavy atom. The Labute approximate surface area is 126 Å². The van der Waals surface area contributed by atoms with Crippen molar-refractivity contribution in [2.45, 2.75) is 25.3 Å². The Morgan fingerprint density at radius 3 is 2.76 bits per heavy atom. The van der Waals surface area contributed by atoms with Gasteiger partial charge in [0.15, 0.2) is 5.78 Å². The number of phenols is 1. The van der Waals surface area contributed by atoms with Crippen molar-refractivity contribution in [3.63, 3.8) is 0 Å². The van der Waals surface area contributed by atoms with Crippen LogP contribution in [0.4, 0.5) is 0 Å². The standard InChI is InChI=1S/C17H24N2O2/c1-18-9-2-3-14-11-19(10-8-16(14)18)12-17(21)13-4-6-15(20)7-5-13/h4-7,14,16,20H,2-3,8-12H2,1H3. The lowest BCUT2D eigenvalue weighted by Crippen LogP contribution is -2.53. The molecule has 114 valence electrons. The number of ketones is 1. The number of benzene rings is 1. The molecule has 3 rings (SSSR count). The largest absolute Gasteiger partial charge is 0.508 e. The molecule has 2 aliphatic heterocycles. The van der Waals surface area contributed by atoms with Crippen LogP contribution in [-0.4, -0.2) is 60.0 Å². The molecule has 0 aromatic heterocycles. The van der Waals surface area contributed by atoms with E-state index in [0.717, 1.165) is 13.1 Å². The van der Waals surface area contributed by atoms with Crippen molar-refractivity contribution in [1.82, 2.24) is 9.80 Å². The summed E-state index contributed by atoms with van der Waals surface area (Å²) in [5.74, 6) is 1.07. The van der Waals surface area contributed by atoms with Crippen LogP contribution in [-0.2, 0) is 0 Å². The van der Waals surface area contributed by atoms with Gasteiger partial charge >= 0.3 is 0 Å². The van der Waals surface area contributed by atoms with Crippen LogP contribution in [0.3, 0.4) is 0 Å². The number of phenolic OH excluding ortho intramolecular Hbond substituents is 1. The van der Waals surface area contributed by atoms with Crippen LogP contribution in [0.15, 0.2) is 24.3 Å². The van der Waals surface area contributed by atoms with Crippen molar-refractivity contribution in [2.75, 3.05) is 33.2 Å². The van der Waals surface area contributed by atoms with E-state index in [1.807, 2.05) is 0 Å². The predicted molar refractivity (Wildman–Crippen MR) is 82.6 cm³/mol. The van der Waals surface area contributed by atoms with Gasteiger partial charge < -0.3 is 10.0 Å². The molecule has 0 bridgehead atoms. The fraction of sp³-hybridized carbons (Fsp3) is 0.588. The minimum Gasteiger partial charge on any atom is -0.508 e. The van der Waals surface area contributed by atoms with E-state index in [-0.39, 0.29) is 11.5 Å². The van der Waals surface area contributed by atoms with E-state index in [9.17, 15) is 9.90 Å². The molecule has 0 aliphatic carbocycles. The first-order valence-electron chi connectivity index (χ1n) is 7.88. The van der Waals surface area contributed by atoms with Gasteiger partial charge in [0, 0.05) is 24.7 Å². The second-order valence-corrected chi connectivity index (χ2v) is 6.44. The predicted octanol–water partition coefficient (Wildman–Crippen LogP) is 1.99. The van der Waals surface area contributed by atoms with Gasteiger partial charge in [-0.1, -0.05) is 0 Å². The summed E-state index contributed by atoms with van der Waals surface area (Å²) in [6.07, 6.45) is 3.74. The topological polar surface area (TPSA) is 43.8 Å². The quantitative estimate of drug-likeness (QED) is 0.864. The van der Waals surface area contributed by atoms with Crippen molar-refractivity contribution < 1.29 is 9.90 Å². The molecule has 2 heterocycles. The number of Topliss-reactive ketones (excluding diaryl/α,β-unsaturated/α-hetero) is 1. The van der Waals surface area contributed by atoms with Crippen LogP contribution < -0.4 is 0 Å². The van der Waals surface area contributed by atoms with Crippen LogP contribution in [0.2, 0.25) is 0 Å². The molecule has 2 aliphatic rings. The highest BCUT2D eigenvalue weighted by molar-refractivity contribution is 5.97. The van der Waals surface area contributed by atoms with Crippen LogP contribution >= 0.6 is 0 Å². The maximum absolute atomic E-state index is 12.3. The van der Waals surface area contributed by atoms with Crippen molar-refractivity contribution in [3.05, 3.63) is 29.8 Å². The molecule has 0 radical (unpaired) electrons. The third-order valence-electron chi connectivity index (χ3n) is 4.99. The van der Waals surface area contributed by atoms with E-state index in [2.05, 4.69) is 16.8 Å². The van der Waals surface area contributed by atoms with Gasteiger partial charge in [-0.2, -0.15) is 0 Å². The number of carbonyl (C=O) groups is 1. The smallest absolute Gasteiger partial charge is 0.176 e. The Morgan fingerprint density at radius 1 is 1.24 bits per heavy atom. The molecule has 0 spiro atoms. The molecule has 2 saturated heterocycles. The SMILES string of the molecule is CN1CCCC2CN(CC(=O)c3ccc(O)cc3)CCC21. The second kappa shape index (κ2) is 6.16. The van der Waals surface area contributed by atoms with E-state index >= 15 is 0 Å². The normalized spacial score (nSPS) is 27.3. The third-order valence-corrected chi connectivity index (χ3v) is 4.99. The zero-order valence-corrected chi connectivity index (χ0v) is 12.7. The van der Waals surface area contributed by atoms with Gasteiger partial charge in [0.25, 0.3) is 0 Å². The molecule has 4 heteroatoms. The first kappa shape index (κ1) is 14.5. The monoisotopic (exact) mass is 288 g/mol. The maximum atomic E-state index is 12.3. The van der Waals surface area contributed by atoms with Crippen LogP contribution in [0.5, 0.6) is 5.75 Å². The van der Waals surface area contributed by atoms with Crippen molar-refractivity contribution >= 4 is 5.78 Å². The minimum atomic E-state index is 0.151. The fourth-order valence-electron chi connectivity index (χ4n) is 3.81. The average Bonchev–Trinajstić information content (AvgIpc) is 2.48. The first-order valence-corrected chi connectivity index (χ1v) is 7.88. The van der Waals surface area contributed by atoms with Crippen molar-refractivity contribution in [1.29, 1.82) is 0 Å². The van der Waals surface area contributed by atoms with E-state index in [0.29, 0.717) is 24.1 Å². The maximum Gasteiger partial charge on any atom is 0.176 e. The minimum absolute atomic E-state index is 0.151. The van der Waals surface area contributed by atoms with Gasteiger partial charge in [-0.3, -0.25) is 9.69 Å². The number of nitrogens with zero attached hydrogens (tertiary/aromatic N) is 2. The van der Waals surface area contributed by atoms with E-state index in [1.165, 1.54) is 25.8 Å². The van der Waals surface area contributed by atoms with Gasteiger partial charge in [0.2, 0.25) is 0 Å². The van der Waals surface area contributed by atoms with E-state index in [1.54, 1.807) is 24.3 Å². The molecule has 2 fully saturated rings. The number of fused-ring (bicyclic) bond motifs is 1. The summed E-state index contributed by atoms with van der Waals surface area (Å²) in [4.78, 5) is 17.1. The number of piperidine rings is 2. The highest BCUT2D eigenvalue weighted by Crippen LogP contribution is 2.29. The number of carbonyl (C=O) groups excluding carboxylic acids is 1. The molecular weight excluding hydrogens is 264 g/mol. The van der Waals surface area contributed by atoms with Crippen LogP contribution in [0, 0.1) is 5.92 Å². The fourth-order valence-corrected chi connectivity index (χ4v) is 3.81. The summed E-state index contributed by atoms with van der Waals surface area (Å²) in [6.45, 7) is 3.76. The summed E-state index contributed by atoms with van der Waals surface area (Å²) in [5, 5.41) is 9.29. The van der Waals surface area contributed by atoms with Gasteiger partial charge in [-0.15, -0.1) is 0 Å². The van der Waals surface area contributed by atoms with Crippen molar-refractivity contribution in [2.24, 2.45) is 5.92 Å². The first-order chi connectivity index (χ1) is 10.1. The Balaban J connectivity index is 1.59. The molecule has 1 N–H and O–H groups in total. The molecule has 4 nitrogen and oxygen atoms in total. The Hall–Kier alpha value is -1.39. The van der Waals surface area contributed by atoms with Gasteiger partial charge in [0.1, 0.15) is 5.75 Å². The molecule has 1 aromatic rings. The molecule has 1 aromatic carbocycles. The molecule has 0 saturated carbocycles. The summed E-state index contributed by atoms with van der Waals surface area (Å²) in [6, 6.07) is 7.28. The molecular formula is C17H24N2O2. The van der Waals surface area contributed by atoms with Crippen molar-refractivity contribution in [3.8, 4) is 5.75 Å². The Bertz CT molecular complexity index is 500. The van der Waals surface area contributed by atoms with Gasteiger partial charge in [-0.05, 0) is 63.0 Å². The highest BCUT2D eigenvalue weighted by Gasteiger charge is 2.34. The number of likely N-dealkylation sites (tertiary alicyclic amines) is 2. The summed E-state index contributed by atoms with van der Waals surface area (Å²) in [5.41, 5.74) is 0.690. The number of hydrogen-bond donors (Lipinski definition) is 1. The molecule has 2 unspecified atom stereocenters. The highest BCUT2D eigenvalue weighted by atomic mass is 16.3. The van der Waals surface area contributed by atoms with Gasteiger partial charge in [0.05, 0.1) is 6.54 Å². The molecule has 0 amide bonds. The molecule has 2 atom stereocenters. The lowest BCUT2D eigenvalue weighted by Gasteiger charge is -2.45. The lowest BCUT2D eigenvalue weighted by atomic mass is 9.84. The van der Waals surface area contributed by atoms with Gasteiger partial charge in [-0.25, -0.2) is 0 Å². The summed E-state index contributed by atoms with van der Waals surface area (Å²) in [7, 11) is 2.23. The summed E-state index contributed by atoms with van der Waals surface area (Å²) >= 11 is 0. The van der Waals surface area contributed by atoms with E-state index in [4.69, 9.17) is 0 Å². The second-order valence-electron chi connectivity index (χ2n) is 6.44. The number of aromatic hydroxyl groups is 1. The van der Waals surface area contributed by atoms with E-state index < -0.39 is 0 Å². The number of rotatable bonds is 3. The average molecular weight is 288 g/mol. The zero-order valence-electron chi connectivity index (χ0n) is 12.7.